The van der Waals surface area contributed by atoms with Gasteiger partial charge in [0, 0.05) is 11.7 Å². The smallest absolute Gasteiger partial charge is 0.339 e. The van der Waals surface area contributed by atoms with E-state index in [1.165, 1.54) is 0 Å². The number of aryl methyl sites for hydroxylation is 2. The summed E-state index contributed by atoms with van der Waals surface area (Å²) in [4.78, 5) is 15.4. The van der Waals surface area contributed by atoms with Gasteiger partial charge in [0.2, 0.25) is 0 Å². The molecule has 0 saturated carbocycles. The zero-order valence-corrected chi connectivity index (χ0v) is 10.4. The molecule has 17 heavy (non-hydrogen) atoms. The van der Waals surface area contributed by atoms with Crippen molar-refractivity contribution in [2.45, 2.75) is 33.2 Å². The number of hydrogen-bond acceptors (Lipinski definition) is 3. The van der Waals surface area contributed by atoms with Gasteiger partial charge in [0.15, 0.2) is 0 Å². The van der Waals surface area contributed by atoms with Crippen LogP contribution in [-0.2, 0) is 0 Å². The molecule has 4 nitrogen and oxygen atoms in total. The standard InChI is InChI=1S/C13H18N2O2/c1-5-6-8(2)15-11-7-9(3)14-10(4)12(11)13(16)17/h5,7-8H,1,6H2,2-4H3,(H,14,15)(H,16,17). The highest BCUT2D eigenvalue weighted by atomic mass is 16.4. The number of anilines is 1. The number of nitrogens with one attached hydrogen (secondary N) is 1. The fourth-order valence-corrected chi connectivity index (χ4v) is 1.79. The molecule has 0 radical (unpaired) electrons. The van der Waals surface area contributed by atoms with Crippen molar-refractivity contribution < 1.29 is 9.90 Å². The van der Waals surface area contributed by atoms with Crippen molar-refractivity contribution in [3.05, 3.63) is 35.7 Å². The average Bonchev–Trinajstić information content (AvgIpc) is 2.15. The molecule has 0 spiro atoms. The molecule has 1 heterocycles. The van der Waals surface area contributed by atoms with E-state index >= 15 is 0 Å². The summed E-state index contributed by atoms with van der Waals surface area (Å²) < 4.78 is 0. The van der Waals surface area contributed by atoms with E-state index in [1.807, 2.05) is 13.8 Å². The molecule has 4 heteroatoms. The van der Waals surface area contributed by atoms with E-state index in [1.54, 1.807) is 19.1 Å². The molecule has 0 aliphatic rings. The number of carbonyl (C=O) groups is 1. The Morgan fingerprint density at radius 3 is 2.82 bits per heavy atom. The number of nitrogens with zero attached hydrogens (tertiary/aromatic N) is 1. The summed E-state index contributed by atoms with van der Waals surface area (Å²) in [6, 6.07) is 1.91. The zero-order valence-electron chi connectivity index (χ0n) is 10.4. The third-order valence-corrected chi connectivity index (χ3v) is 2.46. The molecule has 0 saturated heterocycles. The van der Waals surface area contributed by atoms with Crippen LogP contribution in [0.5, 0.6) is 0 Å². The lowest BCUT2D eigenvalue weighted by molar-refractivity contribution is 0.0696. The van der Waals surface area contributed by atoms with Gasteiger partial charge in [0.1, 0.15) is 5.56 Å². The maximum Gasteiger partial charge on any atom is 0.339 e. The largest absolute Gasteiger partial charge is 0.478 e. The summed E-state index contributed by atoms with van der Waals surface area (Å²) in [5.41, 5.74) is 2.20. The number of carboxylic acids is 1. The van der Waals surface area contributed by atoms with E-state index in [0.717, 1.165) is 12.1 Å². The number of pyridine rings is 1. The maximum atomic E-state index is 11.2. The predicted molar refractivity (Wildman–Crippen MR) is 68.6 cm³/mol. The van der Waals surface area contributed by atoms with Crippen LogP contribution in [0.3, 0.4) is 0 Å². The van der Waals surface area contributed by atoms with Crippen molar-refractivity contribution in [1.29, 1.82) is 0 Å². The van der Waals surface area contributed by atoms with Crippen LogP contribution < -0.4 is 5.32 Å². The van der Waals surface area contributed by atoms with Gasteiger partial charge in [0.05, 0.1) is 11.4 Å². The van der Waals surface area contributed by atoms with E-state index in [9.17, 15) is 9.90 Å². The van der Waals surface area contributed by atoms with Gasteiger partial charge in [-0.05, 0) is 33.3 Å². The van der Waals surface area contributed by atoms with Crippen molar-refractivity contribution >= 4 is 11.7 Å². The SMILES string of the molecule is C=CCC(C)Nc1cc(C)nc(C)c1C(=O)O. The molecule has 1 aromatic rings. The third-order valence-electron chi connectivity index (χ3n) is 2.46. The predicted octanol–water partition coefficient (Wildman–Crippen LogP) is 2.77. The number of rotatable bonds is 5. The third kappa shape index (κ3) is 3.31. The van der Waals surface area contributed by atoms with E-state index in [0.29, 0.717) is 11.4 Å². The lowest BCUT2D eigenvalue weighted by atomic mass is 10.1. The van der Waals surface area contributed by atoms with Crippen LogP contribution in [0.4, 0.5) is 5.69 Å². The van der Waals surface area contributed by atoms with Crippen molar-refractivity contribution in [1.82, 2.24) is 4.98 Å². The Labute approximate surface area is 101 Å². The first-order valence-electron chi connectivity index (χ1n) is 5.54. The highest BCUT2D eigenvalue weighted by molar-refractivity contribution is 5.95. The topological polar surface area (TPSA) is 62.2 Å². The first kappa shape index (κ1) is 13.2. The van der Waals surface area contributed by atoms with Crippen LogP contribution in [0.25, 0.3) is 0 Å². The molecule has 1 rings (SSSR count). The zero-order chi connectivity index (χ0) is 13.0. The molecule has 1 atom stereocenters. The Bertz CT molecular complexity index is 441. The lowest BCUT2D eigenvalue weighted by Gasteiger charge is -2.17. The van der Waals surface area contributed by atoms with Gasteiger partial charge in [-0.3, -0.25) is 4.98 Å². The Hall–Kier alpha value is -1.84. The summed E-state index contributed by atoms with van der Waals surface area (Å²) in [5.74, 6) is -0.955. The van der Waals surface area contributed by atoms with Gasteiger partial charge in [-0.1, -0.05) is 6.08 Å². The lowest BCUT2D eigenvalue weighted by Crippen LogP contribution is -2.18. The minimum absolute atomic E-state index is 0.145. The number of aromatic carboxylic acids is 1. The fraction of sp³-hybridized carbons (Fsp3) is 0.385. The highest BCUT2D eigenvalue weighted by Crippen LogP contribution is 2.21. The maximum absolute atomic E-state index is 11.2. The molecule has 0 aliphatic carbocycles. The molecule has 0 fully saturated rings. The molecule has 1 aromatic heterocycles. The second-order valence-corrected chi connectivity index (χ2v) is 4.15. The molecule has 0 aromatic carbocycles. The van der Waals surface area contributed by atoms with Gasteiger partial charge in [-0.25, -0.2) is 4.79 Å². The van der Waals surface area contributed by atoms with E-state index < -0.39 is 5.97 Å². The van der Waals surface area contributed by atoms with Crippen LogP contribution in [0.2, 0.25) is 0 Å². The second kappa shape index (κ2) is 5.48. The van der Waals surface area contributed by atoms with Gasteiger partial charge < -0.3 is 10.4 Å². The number of hydrogen-bond donors (Lipinski definition) is 2. The van der Waals surface area contributed by atoms with Gasteiger partial charge >= 0.3 is 5.97 Å². The Balaban J connectivity index is 3.12. The molecule has 0 aliphatic heterocycles. The summed E-state index contributed by atoms with van der Waals surface area (Å²) in [6.07, 6.45) is 2.58. The van der Waals surface area contributed by atoms with Crippen molar-refractivity contribution in [2.24, 2.45) is 0 Å². The Morgan fingerprint density at radius 1 is 1.65 bits per heavy atom. The normalized spacial score (nSPS) is 11.9. The summed E-state index contributed by atoms with van der Waals surface area (Å²) >= 11 is 0. The van der Waals surface area contributed by atoms with E-state index in [4.69, 9.17) is 0 Å². The van der Waals surface area contributed by atoms with Crippen molar-refractivity contribution in [3.63, 3.8) is 0 Å². The van der Waals surface area contributed by atoms with Gasteiger partial charge in [0.25, 0.3) is 0 Å². The van der Waals surface area contributed by atoms with Gasteiger partial charge in [-0.2, -0.15) is 0 Å². The first-order valence-corrected chi connectivity index (χ1v) is 5.54. The van der Waals surface area contributed by atoms with Crippen molar-refractivity contribution in [3.8, 4) is 0 Å². The minimum Gasteiger partial charge on any atom is -0.478 e. The number of carboxylic acid groups (broad SMARTS) is 1. The molecule has 92 valence electrons. The van der Waals surface area contributed by atoms with Crippen LogP contribution in [0, 0.1) is 13.8 Å². The molecule has 1 unspecified atom stereocenters. The van der Waals surface area contributed by atoms with E-state index in [2.05, 4.69) is 16.9 Å². The summed E-state index contributed by atoms with van der Waals surface area (Å²) in [6.45, 7) is 9.21. The van der Waals surface area contributed by atoms with Crippen LogP contribution >= 0.6 is 0 Å². The quantitative estimate of drug-likeness (QED) is 0.769. The van der Waals surface area contributed by atoms with Crippen LogP contribution in [0.15, 0.2) is 18.7 Å². The average molecular weight is 234 g/mol. The highest BCUT2D eigenvalue weighted by Gasteiger charge is 2.16. The minimum atomic E-state index is -0.955. The monoisotopic (exact) mass is 234 g/mol. The Kier molecular flexibility index (Phi) is 4.26. The molecule has 0 amide bonds. The molecular weight excluding hydrogens is 216 g/mol. The first-order chi connectivity index (χ1) is 7.95. The molecule has 0 bridgehead atoms. The van der Waals surface area contributed by atoms with Gasteiger partial charge in [-0.15, -0.1) is 6.58 Å². The molecule has 2 N–H and O–H groups in total. The van der Waals surface area contributed by atoms with E-state index in [-0.39, 0.29) is 11.6 Å². The second-order valence-electron chi connectivity index (χ2n) is 4.15. The molecular formula is C13H18N2O2. The van der Waals surface area contributed by atoms with Crippen LogP contribution in [-0.4, -0.2) is 22.1 Å². The summed E-state index contributed by atoms with van der Waals surface area (Å²) in [5, 5.41) is 12.4. The van der Waals surface area contributed by atoms with Crippen LogP contribution in [0.1, 0.15) is 35.1 Å². The fourth-order valence-electron chi connectivity index (χ4n) is 1.79. The Morgan fingerprint density at radius 2 is 2.29 bits per heavy atom. The summed E-state index contributed by atoms with van der Waals surface area (Å²) in [7, 11) is 0. The van der Waals surface area contributed by atoms with Crippen molar-refractivity contribution in [2.75, 3.05) is 5.32 Å². The number of aromatic nitrogens is 1.